The van der Waals surface area contributed by atoms with Crippen molar-refractivity contribution in [2.75, 3.05) is 0 Å². The van der Waals surface area contributed by atoms with Crippen LogP contribution in [0.1, 0.15) is 11.3 Å². The van der Waals surface area contributed by atoms with Crippen molar-refractivity contribution in [1.82, 2.24) is 9.13 Å². The van der Waals surface area contributed by atoms with Crippen LogP contribution in [0.4, 0.5) is 0 Å². The SMILES string of the molecule is C=C(/C=C\c1c(C)c2ccccc2n1-c1ccc2sc3ccccc3c2c1)n1c2ccccc2c2ccccc21. The molecule has 3 heterocycles. The van der Waals surface area contributed by atoms with Crippen molar-refractivity contribution in [2.24, 2.45) is 0 Å². The van der Waals surface area contributed by atoms with E-state index in [-0.39, 0.29) is 0 Å². The van der Waals surface area contributed by atoms with Gasteiger partial charge in [-0.15, -0.1) is 11.3 Å². The van der Waals surface area contributed by atoms with Gasteiger partial charge >= 0.3 is 0 Å². The predicted molar refractivity (Wildman–Crippen MR) is 175 cm³/mol. The molecule has 5 aromatic carbocycles. The number of hydrogen-bond acceptors (Lipinski definition) is 1. The minimum Gasteiger partial charge on any atom is -0.310 e. The predicted octanol–water partition coefficient (Wildman–Crippen LogP) is 10.6. The highest BCUT2D eigenvalue weighted by molar-refractivity contribution is 7.25. The van der Waals surface area contributed by atoms with E-state index in [0.29, 0.717) is 0 Å². The van der Waals surface area contributed by atoms with Gasteiger partial charge in [-0.3, -0.25) is 0 Å². The van der Waals surface area contributed by atoms with Gasteiger partial charge in [0.05, 0.1) is 16.6 Å². The zero-order valence-corrected chi connectivity index (χ0v) is 23.0. The number of para-hydroxylation sites is 3. The molecule has 0 amide bonds. The first-order valence-electron chi connectivity index (χ1n) is 13.6. The summed E-state index contributed by atoms with van der Waals surface area (Å²) in [4.78, 5) is 0. The fraction of sp³-hybridized carbons (Fsp3) is 0.0270. The molecule has 0 bridgehead atoms. The lowest BCUT2D eigenvalue weighted by Gasteiger charge is -2.11. The lowest BCUT2D eigenvalue weighted by atomic mass is 10.1. The molecule has 8 rings (SSSR count). The van der Waals surface area contributed by atoms with E-state index in [0.717, 1.165) is 5.70 Å². The highest BCUT2D eigenvalue weighted by Gasteiger charge is 2.16. The zero-order valence-electron chi connectivity index (χ0n) is 22.1. The van der Waals surface area contributed by atoms with Crippen LogP contribution in [0.2, 0.25) is 0 Å². The molecular weight excluding hydrogens is 504 g/mol. The monoisotopic (exact) mass is 530 g/mol. The molecule has 0 saturated heterocycles. The summed E-state index contributed by atoms with van der Waals surface area (Å²) in [5, 5.41) is 6.37. The fourth-order valence-electron chi connectivity index (χ4n) is 6.23. The van der Waals surface area contributed by atoms with Gasteiger partial charge < -0.3 is 9.13 Å². The minimum atomic E-state index is 0.938. The maximum atomic E-state index is 4.53. The molecule has 0 aliphatic carbocycles. The van der Waals surface area contributed by atoms with Gasteiger partial charge in [0.1, 0.15) is 0 Å². The van der Waals surface area contributed by atoms with Crippen LogP contribution in [0.3, 0.4) is 0 Å². The Morgan fingerprint density at radius 1 is 0.625 bits per heavy atom. The molecule has 0 unspecified atom stereocenters. The summed E-state index contributed by atoms with van der Waals surface area (Å²) in [5.74, 6) is 0. The van der Waals surface area contributed by atoms with Crippen molar-refractivity contribution in [3.63, 3.8) is 0 Å². The first-order valence-corrected chi connectivity index (χ1v) is 14.4. The summed E-state index contributed by atoms with van der Waals surface area (Å²) >= 11 is 1.86. The normalized spacial score (nSPS) is 12.1. The number of nitrogens with zero attached hydrogens (tertiary/aromatic N) is 2. The number of aromatic nitrogens is 2. The number of fused-ring (bicyclic) bond motifs is 7. The van der Waals surface area contributed by atoms with Crippen LogP contribution in [0.5, 0.6) is 0 Å². The highest BCUT2D eigenvalue weighted by Crippen LogP contribution is 2.37. The Kier molecular flexibility index (Phi) is 5.10. The quantitative estimate of drug-likeness (QED) is 0.200. The average molecular weight is 531 g/mol. The maximum absolute atomic E-state index is 4.53. The molecule has 2 nitrogen and oxygen atoms in total. The van der Waals surface area contributed by atoms with E-state index in [1.165, 1.54) is 69.8 Å². The van der Waals surface area contributed by atoms with E-state index >= 15 is 0 Å². The van der Waals surface area contributed by atoms with Crippen LogP contribution in [0.25, 0.3) is 70.3 Å². The molecule has 40 heavy (non-hydrogen) atoms. The van der Waals surface area contributed by atoms with Gasteiger partial charge in [-0.25, -0.2) is 0 Å². The standard InChI is InChI=1S/C37H26N2S/c1-24(38-34-16-8-4-12-28(34)29-13-5-9-17-35(29)38)19-21-32-25(2)27-11-3-7-15-33(27)39(32)26-20-22-37-31(23-26)30-14-6-10-18-36(30)40-37/h3-23H,1H2,2H3/b21-19-. The molecule has 0 spiro atoms. The van der Waals surface area contributed by atoms with Crippen molar-refractivity contribution in [3.8, 4) is 5.69 Å². The van der Waals surface area contributed by atoms with Gasteiger partial charge in [-0.1, -0.05) is 79.4 Å². The highest BCUT2D eigenvalue weighted by atomic mass is 32.1. The summed E-state index contributed by atoms with van der Waals surface area (Å²) in [6, 6.07) is 41.4. The zero-order chi connectivity index (χ0) is 26.8. The Morgan fingerprint density at radius 3 is 1.93 bits per heavy atom. The van der Waals surface area contributed by atoms with E-state index in [4.69, 9.17) is 0 Å². The second-order valence-corrected chi connectivity index (χ2v) is 11.4. The largest absolute Gasteiger partial charge is 0.310 e. The van der Waals surface area contributed by atoms with Crippen LogP contribution >= 0.6 is 11.3 Å². The summed E-state index contributed by atoms with van der Waals surface area (Å²) in [5.41, 5.74) is 8.09. The number of hydrogen-bond donors (Lipinski definition) is 0. The first-order chi connectivity index (χ1) is 19.7. The number of benzene rings is 5. The van der Waals surface area contributed by atoms with E-state index in [1.54, 1.807) is 0 Å². The Morgan fingerprint density at radius 2 is 1.20 bits per heavy atom. The first kappa shape index (κ1) is 23.1. The molecule has 190 valence electrons. The lowest BCUT2D eigenvalue weighted by Crippen LogP contribution is -1.98. The third kappa shape index (κ3) is 3.35. The Bertz CT molecular complexity index is 2250. The van der Waals surface area contributed by atoms with Crippen molar-refractivity contribution in [3.05, 3.63) is 139 Å². The van der Waals surface area contributed by atoms with Crippen molar-refractivity contribution in [1.29, 1.82) is 0 Å². The average Bonchev–Trinajstić information content (AvgIpc) is 3.63. The second kappa shape index (κ2) is 8.84. The van der Waals surface area contributed by atoms with Crippen LogP contribution in [0.15, 0.2) is 128 Å². The van der Waals surface area contributed by atoms with Crippen LogP contribution in [-0.2, 0) is 0 Å². The lowest BCUT2D eigenvalue weighted by molar-refractivity contribution is 1.10. The summed E-state index contributed by atoms with van der Waals surface area (Å²) in [6.07, 6.45) is 4.40. The van der Waals surface area contributed by atoms with Crippen molar-refractivity contribution in [2.45, 2.75) is 6.92 Å². The molecular formula is C37H26N2S. The van der Waals surface area contributed by atoms with Crippen molar-refractivity contribution < 1.29 is 0 Å². The Balaban J connectivity index is 1.32. The van der Waals surface area contributed by atoms with Crippen molar-refractivity contribution >= 4 is 76.0 Å². The molecule has 3 aromatic heterocycles. The van der Waals surface area contributed by atoms with Gasteiger partial charge in [0.2, 0.25) is 0 Å². The van der Waals surface area contributed by atoms with E-state index in [2.05, 4.69) is 150 Å². The summed E-state index contributed by atoms with van der Waals surface area (Å²) in [7, 11) is 0. The van der Waals surface area contributed by atoms with Crippen LogP contribution in [-0.4, -0.2) is 9.13 Å². The van der Waals surface area contributed by atoms with Gasteiger partial charge in [0, 0.05) is 53.4 Å². The van der Waals surface area contributed by atoms with Gasteiger partial charge in [-0.05, 0) is 67.1 Å². The molecule has 0 aliphatic rings. The molecule has 0 atom stereocenters. The molecule has 0 fully saturated rings. The third-order valence-electron chi connectivity index (χ3n) is 8.09. The third-order valence-corrected chi connectivity index (χ3v) is 9.25. The topological polar surface area (TPSA) is 9.86 Å². The number of thiophene rings is 1. The van der Waals surface area contributed by atoms with Gasteiger partial charge in [0.15, 0.2) is 0 Å². The van der Waals surface area contributed by atoms with Crippen LogP contribution in [0, 0.1) is 6.92 Å². The number of allylic oxidation sites excluding steroid dienone is 2. The molecule has 0 aliphatic heterocycles. The molecule has 0 saturated carbocycles. The minimum absolute atomic E-state index is 0.938. The Hall–Kier alpha value is -4.86. The fourth-order valence-corrected chi connectivity index (χ4v) is 7.32. The summed E-state index contributed by atoms with van der Waals surface area (Å²) in [6.45, 7) is 6.76. The van der Waals surface area contributed by atoms with Gasteiger partial charge in [0.25, 0.3) is 0 Å². The second-order valence-electron chi connectivity index (χ2n) is 10.3. The Labute approximate surface area is 236 Å². The molecule has 0 radical (unpaired) electrons. The maximum Gasteiger partial charge on any atom is 0.0540 e. The number of aryl methyl sites for hydroxylation is 1. The smallest absolute Gasteiger partial charge is 0.0540 e. The summed E-state index contributed by atoms with van der Waals surface area (Å²) < 4.78 is 7.31. The van der Waals surface area contributed by atoms with E-state index in [1.807, 2.05) is 11.3 Å². The van der Waals surface area contributed by atoms with Crippen LogP contribution < -0.4 is 0 Å². The van der Waals surface area contributed by atoms with E-state index in [9.17, 15) is 0 Å². The molecule has 0 N–H and O–H groups in total. The molecule has 3 heteroatoms. The molecule has 8 aromatic rings. The van der Waals surface area contributed by atoms with E-state index < -0.39 is 0 Å². The number of rotatable bonds is 4. The van der Waals surface area contributed by atoms with Gasteiger partial charge in [-0.2, -0.15) is 0 Å².